The van der Waals surface area contributed by atoms with Gasteiger partial charge in [-0.3, -0.25) is 4.79 Å². The Kier molecular flexibility index (Phi) is 9.10. The van der Waals surface area contributed by atoms with Gasteiger partial charge < -0.3 is 19.3 Å². The Morgan fingerprint density at radius 3 is 2.41 bits per heavy atom. The van der Waals surface area contributed by atoms with E-state index in [2.05, 4.69) is 6.58 Å². The van der Waals surface area contributed by atoms with Crippen LogP contribution in [0.4, 0.5) is 5.69 Å². The minimum atomic E-state index is -3.73. The van der Waals surface area contributed by atoms with Gasteiger partial charge in [-0.05, 0) is 44.9 Å². The molecule has 0 aliphatic carbocycles. The fraction of sp³-hybridized carbons (Fsp3) is 0.583. The van der Waals surface area contributed by atoms with E-state index in [9.17, 15) is 18.0 Å². The minimum absolute atomic E-state index is 0.0575. The molecule has 2 fully saturated rings. The van der Waals surface area contributed by atoms with Crippen molar-refractivity contribution in [2.45, 2.75) is 38.0 Å². The third-order valence-corrected chi connectivity index (χ3v) is 7.91. The van der Waals surface area contributed by atoms with E-state index in [1.807, 2.05) is 18.7 Å². The first kappa shape index (κ1) is 26.2. The molecule has 0 unspecified atom stereocenters. The lowest BCUT2D eigenvalue weighted by Gasteiger charge is -2.31. The zero-order valence-electron chi connectivity index (χ0n) is 20.1. The third-order valence-electron chi connectivity index (χ3n) is 6.01. The highest BCUT2D eigenvalue weighted by Crippen LogP contribution is 2.28. The van der Waals surface area contributed by atoms with Crippen LogP contribution in [-0.4, -0.2) is 88.6 Å². The van der Waals surface area contributed by atoms with Gasteiger partial charge in [0.15, 0.2) is 6.61 Å². The Hall–Kier alpha value is -2.43. The second kappa shape index (κ2) is 11.8. The van der Waals surface area contributed by atoms with Crippen LogP contribution in [0.1, 0.15) is 43.5 Å². The lowest BCUT2D eigenvalue weighted by Crippen LogP contribution is -2.38. The molecule has 0 atom stereocenters. The number of nitrogens with zero attached hydrogens (tertiary/aromatic N) is 3. The van der Waals surface area contributed by atoms with Gasteiger partial charge >= 0.3 is 5.97 Å². The molecule has 9 nitrogen and oxygen atoms in total. The summed E-state index contributed by atoms with van der Waals surface area (Å²) in [6.07, 6.45) is 2.65. The molecular weight excluding hydrogens is 458 g/mol. The second-order valence-corrected chi connectivity index (χ2v) is 10.6. The van der Waals surface area contributed by atoms with Crippen LogP contribution in [0.2, 0.25) is 0 Å². The van der Waals surface area contributed by atoms with Gasteiger partial charge in [-0.15, -0.1) is 0 Å². The van der Waals surface area contributed by atoms with Crippen LogP contribution in [0.5, 0.6) is 0 Å². The predicted molar refractivity (Wildman–Crippen MR) is 129 cm³/mol. The van der Waals surface area contributed by atoms with Crippen LogP contribution in [0.3, 0.4) is 0 Å². The van der Waals surface area contributed by atoms with Gasteiger partial charge in [-0.25, -0.2) is 13.2 Å². The smallest absolute Gasteiger partial charge is 0.340 e. The maximum Gasteiger partial charge on any atom is 0.340 e. The lowest BCUT2D eigenvalue weighted by molar-refractivity contribution is -0.133. The molecule has 2 heterocycles. The Morgan fingerprint density at radius 1 is 1.12 bits per heavy atom. The number of morpholine rings is 1. The molecule has 0 saturated carbocycles. The molecule has 0 aromatic heterocycles. The quantitative estimate of drug-likeness (QED) is 0.385. The predicted octanol–water partition coefficient (Wildman–Crippen LogP) is 2.28. The Bertz CT molecular complexity index is 998. The lowest BCUT2D eigenvalue weighted by atomic mass is 10.1. The molecule has 3 rings (SSSR count). The van der Waals surface area contributed by atoms with Crippen LogP contribution in [0, 0.1) is 0 Å². The first-order valence-corrected chi connectivity index (χ1v) is 13.2. The molecule has 0 spiro atoms. The molecule has 1 aromatic rings. The number of rotatable bonds is 9. The molecule has 34 heavy (non-hydrogen) atoms. The maximum absolute atomic E-state index is 13.2. The van der Waals surface area contributed by atoms with Crippen molar-refractivity contribution in [3.05, 3.63) is 35.9 Å². The number of hydrogen-bond acceptors (Lipinski definition) is 7. The van der Waals surface area contributed by atoms with E-state index >= 15 is 0 Å². The number of likely N-dealkylation sites (N-methyl/N-ethyl adjacent to an activating group) is 1. The SMILES string of the molecule is C=C(C)CN(CC)C(=O)COC(=O)c1cc(S(=O)(=O)N2CCCCC2)ccc1N1CCOCC1. The highest BCUT2D eigenvalue weighted by atomic mass is 32.2. The first-order chi connectivity index (χ1) is 16.2. The number of sulfonamides is 1. The number of ether oxygens (including phenoxy) is 2. The number of carbonyl (C=O) groups excluding carboxylic acids is 2. The van der Waals surface area contributed by atoms with Gasteiger partial charge in [-0.2, -0.15) is 4.31 Å². The molecule has 2 aliphatic rings. The van der Waals surface area contributed by atoms with Gasteiger partial charge in [0.2, 0.25) is 10.0 Å². The van der Waals surface area contributed by atoms with Crippen molar-refractivity contribution in [3.8, 4) is 0 Å². The zero-order chi connectivity index (χ0) is 24.7. The molecule has 2 aliphatic heterocycles. The van der Waals surface area contributed by atoms with Crippen LogP contribution < -0.4 is 4.90 Å². The number of benzene rings is 1. The molecule has 1 aromatic carbocycles. The third kappa shape index (κ3) is 6.37. The van der Waals surface area contributed by atoms with E-state index in [1.165, 1.54) is 10.4 Å². The van der Waals surface area contributed by atoms with Crippen LogP contribution in [0.25, 0.3) is 0 Å². The van der Waals surface area contributed by atoms with E-state index in [-0.39, 0.29) is 16.4 Å². The highest BCUT2D eigenvalue weighted by molar-refractivity contribution is 7.89. The van der Waals surface area contributed by atoms with Crippen molar-refractivity contribution >= 4 is 27.6 Å². The van der Waals surface area contributed by atoms with Crippen molar-refractivity contribution in [3.63, 3.8) is 0 Å². The van der Waals surface area contributed by atoms with Gasteiger partial charge in [-0.1, -0.05) is 18.6 Å². The summed E-state index contributed by atoms with van der Waals surface area (Å²) in [4.78, 5) is 29.2. The summed E-state index contributed by atoms with van der Waals surface area (Å²) in [5.74, 6) is -1.05. The van der Waals surface area contributed by atoms with Gasteiger partial charge in [0.05, 0.1) is 29.4 Å². The molecule has 0 bridgehead atoms. The normalized spacial score (nSPS) is 17.3. The monoisotopic (exact) mass is 493 g/mol. The molecule has 1 amide bonds. The zero-order valence-corrected chi connectivity index (χ0v) is 20.9. The summed E-state index contributed by atoms with van der Waals surface area (Å²) in [5, 5.41) is 0. The molecule has 0 N–H and O–H groups in total. The average molecular weight is 494 g/mol. The van der Waals surface area contributed by atoms with Crippen LogP contribution >= 0.6 is 0 Å². The van der Waals surface area contributed by atoms with Crippen molar-refractivity contribution in [2.24, 2.45) is 0 Å². The molecule has 0 radical (unpaired) electrons. The minimum Gasteiger partial charge on any atom is -0.452 e. The summed E-state index contributed by atoms with van der Waals surface area (Å²) in [5.41, 5.74) is 1.54. The standard InChI is InChI=1S/C24H35N3O6S/c1-4-25(17-19(2)3)23(28)18-33-24(29)21-16-20(34(30,31)27-10-6-5-7-11-27)8-9-22(21)26-12-14-32-15-13-26/h8-9,16H,2,4-7,10-15,17-18H2,1,3H3. The molecule has 10 heteroatoms. The van der Waals surface area contributed by atoms with Crippen molar-refractivity contribution in [1.82, 2.24) is 9.21 Å². The number of anilines is 1. The summed E-state index contributed by atoms with van der Waals surface area (Å²) in [7, 11) is -3.73. The number of esters is 1. The fourth-order valence-corrected chi connectivity index (χ4v) is 5.72. The van der Waals surface area contributed by atoms with E-state index in [1.54, 1.807) is 17.0 Å². The van der Waals surface area contributed by atoms with Gasteiger partial charge in [0.25, 0.3) is 5.91 Å². The topological polar surface area (TPSA) is 96.5 Å². The van der Waals surface area contributed by atoms with Gasteiger partial charge in [0, 0.05) is 39.3 Å². The van der Waals surface area contributed by atoms with Crippen molar-refractivity contribution in [1.29, 1.82) is 0 Å². The molecule has 188 valence electrons. The maximum atomic E-state index is 13.2. The summed E-state index contributed by atoms with van der Waals surface area (Å²) in [6, 6.07) is 4.58. The first-order valence-electron chi connectivity index (χ1n) is 11.8. The Balaban J connectivity index is 1.86. The van der Waals surface area contributed by atoms with Crippen molar-refractivity contribution < 1.29 is 27.5 Å². The van der Waals surface area contributed by atoms with E-state index in [0.717, 1.165) is 24.8 Å². The van der Waals surface area contributed by atoms with E-state index in [4.69, 9.17) is 9.47 Å². The van der Waals surface area contributed by atoms with E-state index < -0.39 is 22.6 Å². The van der Waals surface area contributed by atoms with Crippen LogP contribution in [-0.2, 0) is 24.3 Å². The van der Waals surface area contributed by atoms with Crippen molar-refractivity contribution in [2.75, 3.05) is 64.0 Å². The Morgan fingerprint density at radius 2 is 1.79 bits per heavy atom. The summed E-state index contributed by atoms with van der Waals surface area (Å²) < 4.78 is 38.7. The fourth-order valence-electron chi connectivity index (χ4n) is 4.17. The largest absolute Gasteiger partial charge is 0.452 e. The number of amides is 1. The summed E-state index contributed by atoms with van der Waals surface area (Å²) in [6.45, 7) is 11.0. The molecular formula is C24H35N3O6S. The highest BCUT2D eigenvalue weighted by Gasteiger charge is 2.29. The number of carbonyl (C=O) groups is 2. The van der Waals surface area contributed by atoms with Crippen LogP contribution in [0.15, 0.2) is 35.2 Å². The number of piperidine rings is 1. The summed E-state index contributed by atoms with van der Waals surface area (Å²) >= 11 is 0. The Labute approximate surface area is 202 Å². The number of hydrogen-bond donors (Lipinski definition) is 0. The second-order valence-electron chi connectivity index (χ2n) is 8.68. The average Bonchev–Trinajstić information content (AvgIpc) is 2.86. The van der Waals surface area contributed by atoms with E-state index in [0.29, 0.717) is 58.2 Å². The molecule has 2 saturated heterocycles. The van der Waals surface area contributed by atoms with Gasteiger partial charge in [0.1, 0.15) is 0 Å².